The summed E-state index contributed by atoms with van der Waals surface area (Å²) in [5.74, 6) is 0.351. The molecule has 0 aliphatic carbocycles. The van der Waals surface area contributed by atoms with Crippen LogP contribution in [0.5, 0.6) is 5.75 Å². The molecule has 0 aliphatic rings. The van der Waals surface area contributed by atoms with Crippen LogP contribution in [0, 0.1) is 0 Å². The van der Waals surface area contributed by atoms with E-state index in [1.54, 1.807) is 24.3 Å². The average molecular weight is 445 g/mol. The van der Waals surface area contributed by atoms with Gasteiger partial charge in [0.15, 0.2) is 0 Å². The van der Waals surface area contributed by atoms with E-state index in [1.807, 2.05) is 31.2 Å². The maximum Gasteiger partial charge on any atom is 0.286 e. The first-order chi connectivity index (χ1) is 14.5. The summed E-state index contributed by atoms with van der Waals surface area (Å²) in [6.07, 6.45) is 0.679. The van der Waals surface area contributed by atoms with Crippen LogP contribution in [0.15, 0.2) is 48.5 Å². The molecule has 0 atom stereocenters. The maximum absolute atomic E-state index is 12.3. The Morgan fingerprint density at radius 2 is 1.93 bits per heavy atom. The van der Waals surface area contributed by atoms with Gasteiger partial charge in [-0.1, -0.05) is 41.1 Å². The van der Waals surface area contributed by atoms with E-state index in [0.717, 1.165) is 11.3 Å². The fourth-order valence-electron chi connectivity index (χ4n) is 2.58. The van der Waals surface area contributed by atoms with Crippen molar-refractivity contribution in [3.63, 3.8) is 0 Å². The van der Waals surface area contributed by atoms with Gasteiger partial charge in [0.1, 0.15) is 10.8 Å². The van der Waals surface area contributed by atoms with Crippen molar-refractivity contribution in [1.82, 2.24) is 15.5 Å². The standard InChI is InChI=1S/C21H21ClN4O3S/c1-2-29-17-8-6-14(7-9-17)13-23-18(27)10-11-19-25-26-21(30-19)20(28)24-16-5-3-4-15(22)12-16/h3-9,12H,2,10-11,13H2,1H3,(H,23,27)(H,24,28). The number of aryl methyl sites for hydroxylation is 1. The van der Waals surface area contributed by atoms with E-state index in [-0.39, 0.29) is 23.2 Å². The number of ether oxygens (including phenoxy) is 1. The minimum atomic E-state index is -0.360. The Balaban J connectivity index is 1.44. The Morgan fingerprint density at radius 1 is 1.13 bits per heavy atom. The lowest BCUT2D eigenvalue weighted by molar-refractivity contribution is -0.121. The number of rotatable bonds is 9. The highest BCUT2D eigenvalue weighted by Gasteiger charge is 2.14. The second-order valence-corrected chi connectivity index (χ2v) is 7.82. The largest absolute Gasteiger partial charge is 0.494 e. The van der Waals surface area contributed by atoms with E-state index < -0.39 is 0 Å². The van der Waals surface area contributed by atoms with Crippen LogP contribution in [0.3, 0.4) is 0 Å². The molecule has 30 heavy (non-hydrogen) atoms. The molecule has 7 nitrogen and oxygen atoms in total. The molecular weight excluding hydrogens is 424 g/mol. The summed E-state index contributed by atoms with van der Waals surface area (Å²) in [4.78, 5) is 24.4. The predicted octanol–water partition coefficient (Wildman–Crippen LogP) is 4.09. The molecule has 0 aliphatic heterocycles. The van der Waals surface area contributed by atoms with E-state index in [0.29, 0.717) is 35.3 Å². The van der Waals surface area contributed by atoms with Gasteiger partial charge in [0.05, 0.1) is 6.61 Å². The molecule has 3 aromatic rings. The normalized spacial score (nSPS) is 10.5. The lowest BCUT2D eigenvalue weighted by Gasteiger charge is -2.06. The first-order valence-electron chi connectivity index (χ1n) is 9.41. The first-order valence-corrected chi connectivity index (χ1v) is 10.6. The molecule has 1 aromatic heterocycles. The van der Waals surface area contributed by atoms with Gasteiger partial charge in [0.2, 0.25) is 10.9 Å². The number of halogens is 1. The van der Waals surface area contributed by atoms with Crippen molar-refractivity contribution in [3.05, 3.63) is 69.1 Å². The van der Waals surface area contributed by atoms with Gasteiger partial charge in [-0.2, -0.15) is 0 Å². The molecule has 2 amide bonds. The Hall–Kier alpha value is -2.97. The van der Waals surface area contributed by atoms with Crippen molar-refractivity contribution in [2.45, 2.75) is 26.3 Å². The van der Waals surface area contributed by atoms with Crippen molar-refractivity contribution in [2.75, 3.05) is 11.9 Å². The van der Waals surface area contributed by atoms with E-state index in [2.05, 4.69) is 20.8 Å². The number of benzene rings is 2. The fraction of sp³-hybridized carbons (Fsp3) is 0.238. The van der Waals surface area contributed by atoms with Gasteiger partial charge in [-0.15, -0.1) is 10.2 Å². The Morgan fingerprint density at radius 3 is 2.67 bits per heavy atom. The molecule has 2 N–H and O–H groups in total. The van der Waals surface area contributed by atoms with E-state index in [9.17, 15) is 9.59 Å². The number of anilines is 1. The van der Waals surface area contributed by atoms with Crippen LogP contribution in [0.2, 0.25) is 5.02 Å². The Labute approximate surface area is 183 Å². The molecule has 0 bridgehead atoms. The molecule has 0 radical (unpaired) electrons. The van der Waals surface area contributed by atoms with Gasteiger partial charge >= 0.3 is 0 Å². The van der Waals surface area contributed by atoms with Gasteiger partial charge < -0.3 is 15.4 Å². The van der Waals surface area contributed by atoms with Crippen molar-refractivity contribution in [3.8, 4) is 5.75 Å². The fourth-order valence-corrected chi connectivity index (χ4v) is 3.50. The van der Waals surface area contributed by atoms with Crippen molar-refractivity contribution in [2.24, 2.45) is 0 Å². The summed E-state index contributed by atoms with van der Waals surface area (Å²) in [6.45, 7) is 2.99. The number of carbonyl (C=O) groups is 2. The van der Waals surface area contributed by atoms with Crippen molar-refractivity contribution < 1.29 is 14.3 Å². The smallest absolute Gasteiger partial charge is 0.286 e. The summed E-state index contributed by atoms with van der Waals surface area (Å²) in [7, 11) is 0. The van der Waals surface area contributed by atoms with Crippen LogP contribution >= 0.6 is 22.9 Å². The second-order valence-electron chi connectivity index (χ2n) is 6.32. The third-order valence-electron chi connectivity index (χ3n) is 4.03. The van der Waals surface area contributed by atoms with Crippen LogP contribution in [0.4, 0.5) is 5.69 Å². The highest BCUT2D eigenvalue weighted by atomic mass is 35.5. The number of carbonyl (C=O) groups excluding carboxylic acids is 2. The minimum absolute atomic E-state index is 0.0935. The van der Waals surface area contributed by atoms with E-state index in [1.165, 1.54) is 11.3 Å². The SMILES string of the molecule is CCOc1ccc(CNC(=O)CCc2nnc(C(=O)Nc3cccc(Cl)c3)s2)cc1. The van der Waals surface area contributed by atoms with E-state index in [4.69, 9.17) is 16.3 Å². The molecule has 0 spiro atoms. The molecule has 0 saturated heterocycles. The summed E-state index contributed by atoms with van der Waals surface area (Å²) in [5, 5.41) is 14.9. The quantitative estimate of drug-likeness (QED) is 0.518. The molecule has 156 valence electrons. The van der Waals surface area contributed by atoms with Gasteiger partial charge in [0, 0.05) is 30.1 Å². The topological polar surface area (TPSA) is 93.2 Å². The van der Waals surface area contributed by atoms with Crippen LogP contribution < -0.4 is 15.4 Å². The second kappa shape index (κ2) is 10.7. The number of hydrogen-bond acceptors (Lipinski definition) is 6. The zero-order valence-electron chi connectivity index (χ0n) is 16.4. The van der Waals surface area contributed by atoms with Gasteiger partial charge in [-0.3, -0.25) is 9.59 Å². The molecule has 2 aromatic carbocycles. The number of nitrogens with zero attached hydrogens (tertiary/aromatic N) is 2. The highest BCUT2D eigenvalue weighted by molar-refractivity contribution is 7.13. The molecule has 1 heterocycles. The number of nitrogens with one attached hydrogen (secondary N) is 2. The lowest BCUT2D eigenvalue weighted by atomic mass is 10.2. The van der Waals surface area contributed by atoms with Gasteiger partial charge in [-0.05, 0) is 42.8 Å². The lowest BCUT2D eigenvalue weighted by Crippen LogP contribution is -2.22. The molecule has 0 fully saturated rings. The Bertz CT molecular complexity index is 1010. The maximum atomic E-state index is 12.3. The summed E-state index contributed by atoms with van der Waals surface area (Å²) >= 11 is 7.08. The monoisotopic (exact) mass is 444 g/mol. The number of hydrogen-bond donors (Lipinski definition) is 2. The summed E-state index contributed by atoms with van der Waals surface area (Å²) in [5.41, 5.74) is 1.57. The number of aromatic nitrogens is 2. The molecule has 9 heteroatoms. The van der Waals surface area contributed by atoms with Crippen LogP contribution in [-0.2, 0) is 17.8 Å². The molecular formula is C21H21ClN4O3S. The highest BCUT2D eigenvalue weighted by Crippen LogP contribution is 2.18. The molecule has 3 rings (SSSR count). The molecule has 0 saturated carbocycles. The third kappa shape index (κ3) is 6.53. The molecule has 0 unspecified atom stereocenters. The first kappa shape index (κ1) is 21.7. The minimum Gasteiger partial charge on any atom is -0.494 e. The van der Waals surface area contributed by atoms with Crippen LogP contribution in [0.25, 0.3) is 0 Å². The van der Waals surface area contributed by atoms with Gasteiger partial charge in [0.25, 0.3) is 5.91 Å². The summed E-state index contributed by atoms with van der Waals surface area (Å²) < 4.78 is 5.40. The Kier molecular flexibility index (Phi) is 7.75. The summed E-state index contributed by atoms with van der Waals surface area (Å²) in [6, 6.07) is 14.4. The zero-order chi connectivity index (χ0) is 21.3. The van der Waals surface area contributed by atoms with Crippen LogP contribution in [0.1, 0.15) is 33.7 Å². The van der Waals surface area contributed by atoms with Crippen molar-refractivity contribution >= 4 is 40.4 Å². The van der Waals surface area contributed by atoms with E-state index >= 15 is 0 Å². The predicted molar refractivity (Wildman–Crippen MR) is 117 cm³/mol. The average Bonchev–Trinajstić information content (AvgIpc) is 3.21. The van der Waals surface area contributed by atoms with Gasteiger partial charge in [-0.25, -0.2) is 0 Å². The third-order valence-corrected chi connectivity index (χ3v) is 5.25. The van der Waals surface area contributed by atoms with Crippen molar-refractivity contribution in [1.29, 1.82) is 0 Å². The van der Waals surface area contributed by atoms with Crippen LogP contribution in [-0.4, -0.2) is 28.6 Å². The zero-order valence-corrected chi connectivity index (χ0v) is 17.9. The number of amides is 2.